The van der Waals surface area contributed by atoms with Crippen LogP contribution in [0.5, 0.6) is 0 Å². The molecule has 0 spiro atoms. The number of aliphatic imine (C=N–C) groups is 1. The lowest BCUT2D eigenvalue weighted by molar-refractivity contribution is -0.120. The zero-order chi connectivity index (χ0) is 22.1. The van der Waals surface area contributed by atoms with E-state index in [-0.39, 0.29) is 24.1 Å². The van der Waals surface area contributed by atoms with Gasteiger partial charge in [-0.3, -0.25) is 14.6 Å². The minimum absolute atomic E-state index is 0.101. The Kier molecular flexibility index (Phi) is 8.03. The zero-order valence-electron chi connectivity index (χ0n) is 17.6. The molecular formula is C22H28FN5O3. The van der Waals surface area contributed by atoms with Gasteiger partial charge in [0.25, 0.3) is 5.91 Å². The van der Waals surface area contributed by atoms with Crippen LogP contribution in [-0.2, 0) is 11.2 Å². The highest BCUT2D eigenvalue weighted by Gasteiger charge is 2.25. The van der Waals surface area contributed by atoms with Crippen molar-refractivity contribution in [1.82, 2.24) is 20.4 Å². The van der Waals surface area contributed by atoms with Crippen molar-refractivity contribution in [2.75, 3.05) is 45.8 Å². The molecule has 3 rings (SSSR count). The number of carbonyl (C=O) groups excluding carboxylic acids is 2. The molecule has 2 amide bonds. The van der Waals surface area contributed by atoms with E-state index in [0.717, 1.165) is 18.1 Å². The number of nitrogens with zero attached hydrogens (tertiary/aromatic N) is 3. The first-order chi connectivity index (χ1) is 15.1. The number of halogens is 1. The van der Waals surface area contributed by atoms with Crippen LogP contribution in [0.4, 0.5) is 4.39 Å². The first kappa shape index (κ1) is 22.3. The Balaban J connectivity index is 1.44. The number of rotatable bonds is 7. The largest absolute Gasteiger partial charge is 0.459 e. The minimum atomic E-state index is -0.319. The number of guanidine groups is 1. The highest BCUT2D eigenvalue weighted by atomic mass is 19.1. The molecule has 1 saturated heterocycles. The molecule has 2 aromatic rings. The van der Waals surface area contributed by atoms with E-state index in [2.05, 4.69) is 20.5 Å². The highest BCUT2D eigenvalue weighted by Crippen LogP contribution is 2.09. The van der Waals surface area contributed by atoms with E-state index in [1.807, 2.05) is 6.92 Å². The third-order valence-electron chi connectivity index (χ3n) is 4.91. The molecule has 1 aromatic carbocycles. The van der Waals surface area contributed by atoms with Crippen LogP contribution in [0.1, 0.15) is 23.0 Å². The van der Waals surface area contributed by atoms with E-state index in [1.54, 1.807) is 29.2 Å². The molecule has 0 saturated carbocycles. The second-order valence-corrected chi connectivity index (χ2v) is 7.15. The van der Waals surface area contributed by atoms with E-state index in [9.17, 15) is 14.0 Å². The summed E-state index contributed by atoms with van der Waals surface area (Å²) in [7, 11) is 0. The number of piperazine rings is 1. The molecule has 0 radical (unpaired) electrons. The molecule has 0 bridgehead atoms. The van der Waals surface area contributed by atoms with Crippen LogP contribution < -0.4 is 10.6 Å². The second-order valence-electron chi connectivity index (χ2n) is 7.15. The quantitative estimate of drug-likeness (QED) is 0.396. The van der Waals surface area contributed by atoms with Crippen molar-refractivity contribution in [3.63, 3.8) is 0 Å². The van der Waals surface area contributed by atoms with Crippen LogP contribution in [0.3, 0.4) is 0 Å². The van der Waals surface area contributed by atoms with Crippen molar-refractivity contribution in [2.45, 2.75) is 13.3 Å². The fourth-order valence-electron chi connectivity index (χ4n) is 3.31. The van der Waals surface area contributed by atoms with Crippen LogP contribution in [0.25, 0.3) is 0 Å². The molecule has 0 atom stereocenters. The number of furan rings is 1. The Morgan fingerprint density at radius 3 is 2.42 bits per heavy atom. The van der Waals surface area contributed by atoms with Crippen molar-refractivity contribution >= 4 is 17.8 Å². The number of nitrogens with one attached hydrogen (secondary N) is 2. The Morgan fingerprint density at radius 1 is 1.06 bits per heavy atom. The Hall–Kier alpha value is -3.36. The third kappa shape index (κ3) is 6.56. The predicted molar refractivity (Wildman–Crippen MR) is 115 cm³/mol. The van der Waals surface area contributed by atoms with Crippen LogP contribution in [0.15, 0.2) is 52.1 Å². The summed E-state index contributed by atoms with van der Waals surface area (Å²) in [5, 5.41) is 6.10. The molecule has 31 heavy (non-hydrogen) atoms. The molecular weight excluding hydrogens is 401 g/mol. The van der Waals surface area contributed by atoms with Gasteiger partial charge in [0.1, 0.15) is 5.82 Å². The van der Waals surface area contributed by atoms with Crippen LogP contribution in [-0.4, -0.2) is 73.4 Å². The first-order valence-corrected chi connectivity index (χ1v) is 10.4. The summed E-state index contributed by atoms with van der Waals surface area (Å²) in [5.41, 5.74) is 0.762. The average molecular weight is 429 g/mol. The maximum absolute atomic E-state index is 12.9. The lowest BCUT2D eigenvalue weighted by atomic mass is 10.1. The number of amides is 2. The van der Waals surface area contributed by atoms with Crippen molar-refractivity contribution < 1.29 is 18.4 Å². The van der Waals surface area contributed by atoms with Gasteiger partial charge in [-0.25, -0.2) is 4.39 Å². The van der Waals surface area contributed by atoms with Gasteiger partial charge in [0.2, 0.25) is 5.91 Å². The fourth-order valence-corrected chi connectivity index (χ4v) is 3.31. The van der Waals surface area contributed by atoms with Gasteiger partial charge in [-0.15, -0.1) is 0 Å². The molecule has 1 aliphatic rings. The van der Waals surface area contributed by atoms with Crippen molar-refractivity contribution in [3.05, 3.63) is 59.8 Å². The minimum Gasteiger partial charge on any atom is -0.459 e. The third-order valence-corrected chi connectivity index (χ3v) is 4.91. The topological polar surface area (TPSA) is 90.2 Å². The Labute approximate surface area is 181 Å². The van der Waals surface area contributed by atoms with E-state index >= 15 is 0 Å². The number of benzene rings is 1. The maximum Gasteiger partial charge on any atom is 0.289 e. The standard InChI is InChI=1S/C22H28FN5O3/c1-2-24-22(26-10-9-25-20(29)16-17-5-7-18(23)8-6-17)28-13-11-27(12-14-28)21(30)19-4-3-15-31-19/h3-8,15H,2,9-14,16H2,1H3,(H,24,26)(H,25,29). The summed E-state index contributed by atoms with van der Waals surface area (Å²) in [6.45, 7) is 6.05. The fraction of sp³-hybridized carbons (Fsp3) is 0.409. The summed E-state index contributed by atoms with van der Waals surface area (Å²) in [4.78, 5) is 32.9. The lowest BCUT2D eigenvalue weighted by Crippen LogP contribution is -2.53. The molecule has 2 heterocycles. The van der Waals surface area contributed by atoms with Gasteiger partial charge < -0.3 is 24.9 Å². The van der Waals surface area contributed by atoms with E-state index in [1.165, 1.54) is 18.4 Å². The summed E-state index contributed by atoms with van der Waals surface area (Å²) < 4.78 is 18.1. The van der Waals surface area contributed by atoms with Gasteiger partial charge >= 0.3 is 0 Å². The van der Waals surface area contributed by atoms with Gasteiger partial charge in [0, 0.05) is 39.3 Å². The summed E-state index contributed by atoms with van der Waals surface area (Å²) in [6, 6.07) is 9.27. The lowest BCUT2D eigenvalue weighted by Gasteiger charge is -2.36. The number of carbonyl (C=O) groups is 2. The van der Waals surface area contributed by atoms with Gasteiger partial charge in [0.05, 0.1) is 19.2 Å². The molecule has 2 N–H and O–H groups in total. The molecule has 0 aliphatic carbocycles. The van der Waals surface area contributed by atoms with Gasteiger partial charge in [0.15, 0.2) is 11.7 Å². The second kappa shape index (κ2) is 11.1. The van der Waals surface area contributed by atoms with Crippen molar-refractivity contribution in [2.24, 2.45) is 4.99 Å². The van der Waals surface area contributed by atoms with Gasteiger partial charge in [-0.05, 0) is 36.8 Å². The molecule has 1 aliphatic heterocycles. The monoisotopic (exact) mass is 429 g/mol. The molecule has 8 nitrogen and oxygen atoms in total. The van der Waals surface area contributed by atoms with Crippen molar-refractivity contribution in [1.29, 1.82) is 0 Å². The molecule has 9 heteroatoms. The summed E-state index contributed by atoms with van der Waals surface area (Å²) in [5.74, 6) is 0.568. The van der Waals surface area contributed by atoms with Crippen LogP contribution >= 0.6 is 0 Å². The number of hydrogen-bond acceptors (Lipinski definition) is 4. The Morgan fingerprint density at radius 2 is 1.77 bits per heavy atom. The highest BCUT2D eigenvalue weighted by molar-refractivity contribution is 5.91. The molecule has 1 aromatic heterocycles. The normalized spacial score (nSPS) is 14.5. The van der Waals surface area contributed by atoms with Gasteiger partial charge in [-0.1, -0.05) is 12.1 Å². The first-order valence-electron chi connectivity index (χ1n) is 10.4. The van der Waals surface area contributed by atoms with E-state index in [0.29, 0.717) is 45.0 Å². The maximum atomic E-state index is 12.9. The molecule has 1 fully saturated rings. The predicted octanol–water partition coefficient (Wildman–Crippen LogP) is 1.50. The average Bonchev–Trinajstić information content (AvgIpc) is 3.32. The molecule has 166 valence electrons. The smallest absolute Gasteiger partial charge is 0.289 e. The van der Waals surface area contributed by atoms with E-state index in [4.69, 9.17) is 4.42 Å². The van der Waals surface area contributed by atoms with E-state index < -0.39 is 0 Å². The summed E-state index contributed by atoms with van der Waals surface area (Å²) >= 11 is 0. The Bertz CT molecular complexity index is 875. The zero-order valence-corrected chi connectivity index (χ0v) is 17.6. The van der Waals surface area contributed by atoms with Gasteiger partial charge in [-0.2, -0.15) is 0 Å². The SMILES string of the molecule is CCNC(=NCCNC(=O)Cc1ccc(F)cc1)N1CCN(C(=O)c2ccco2)CC1. The van der Waals surface area contributed by atoms with Crippen LogP contribution in [0, 0.1) is 5.82 Å². The van der Waals surface area contributed by atoms with Crippen molar-refractivity contribution in [3.8, 4) is 0 Å². The van der Waals surface area contributed by atoms with Crippen LogP contribution in [0.2, 0.25) is 0 Å². The summed E-state index contributed by atoms with van der Waals surface area (Å²) in [6.07, 6.45) is 1.70. The molecule has 0 unspecified atom stereocenters. The number of hydrogen-bond donors (Lipinski definition) is 2.